The summed E-state index contributed by atoms with van der Waals surface area (Å²) in [4.78, 5) is 31.0. The molecule has 3 aliphatic rings. The fourth-order valence-electron chi connectivity index (χ4n) is 5.83. The highest BCUT2D eigenvalue weighted by Gasteiger charge is 2.33. The van der Waals surface area contributed by atoms with Crippen LogP contribution in [0.25, 0.3) is 0 Å². The molecule has 34 heavy (non-hydrogen) atoms. The van der Waals surface area contributed by atoms with Crippen LogP contribution in [0.5, 0.6) is 0 Å². The molecule has 8 heteroatoms. The van der Waals surface area contributed by atoms with Gasteiger partial charge in [-0.1, -0.05) is 19.3 Å². The molecule has 0 radical (unpaired) electrons. The number of carbonyl (C=O) groups is 2. The number of likely N-dealkylation sites (tertiary alicyclic amines) is 1. The van der Waals surface area contributed by atoms with E-state index >= 15 is 0 Å². The van der Waals surface area contributed by atoms with Crippen LogP contribution in [0.2, 0.25) is 0 Å². The highest BCUT2D eigenvalue weighted by molar-refractivity contribution is 5.74. The maximum absolute atomic E-state index is 13.2. The van der Waals surface area contributed by atoms with E-state index in [9.17, 15) is 19.1 Å². The van der Waals surface area contributed by atoms with Gasteiger partial charge in [0.25, 0.3) is 0 Å². The average Bonchev–Trinajstić information content (AvgIpc) is 2.84. The fraction of sp³-hybridized carbons (Fsp3) is 0.692. The number of rotatable bonds is 7. The monoisotopic (exact) mass is 474 g/mol. The predicted octanol–water partition coefficient (Wildman–Crippen LogP) is 3.79. The summed E-state index contributed by atoms with van der Waals surface area (Å²) in [6, 6.07) is 6.98. The molecule has 4 rings (SSSR count). The van der Waals surface area contributed by atoms with Crippen molar-refractivity contribution in [2.45, 2.75) is 57.4 Å². The molecule has 1 aliphatic carbocycles. The van der Waals surface area contributed by atoms with Crippen molar-refractivity contribution in [3.05, 3.63) is 30.1 Å². The van der Waals surface area contributed by atoms with Crippen molar-refractivity contribution in [1.82, 2.24) is 15.1 Å². The molecule has 0 unspecified atom stereocenters. The number of hydrogen-bond donors (Lipinski definition) is 2. The van der Waals surface area contributed by atoms with E-state index < -0.39 is 5.97 Å². The molecule has 2 saturated heterocycles. The number of piperazine rings is 1. The third kappa shape index (κ3) is 6.84. The molecule has 1 saturated carbocycles. The van der Waals surface area contributed by atoms with Crippen molar-refractivity contribution in [3.63, 3.8) is 0 Å². The quantitative estimate of drug-likeness (QED) is 0.629. The zero-order chi connectivity index (χ0) is 23.9. The van der Waals surface area contributed by atoms with Gasteiger partial charge < -0.3 is 20.2 Å². The van der Waals surface area contributed by atoms with E-state index in [1.807, 2.05) is 17.0 Å². The summed E-state index contributed by atoms with van der Waals surface area (Å²) in [5.74, 6) is -0.635. The Labute approximate surface area is 202 Å². The van der Waals surface area contributed by atoms with Crippen LogP contribution in [0.4, 0.5) is 14.9 Å². The van der Waals surface area contributed by atoms with Crippen molar-refractivity contribution in [2.24, 2.45) is 11.8 Å². The molecule has 2 aliphatic heterocycles. The Balaban J connectivity index is 1.27. The van der Waals surface area contributed by atoms with E-state index in [4.69, 9.17) is 0 Å². The SMILES string of the molecule is O=C(O)C[C@@H]1CCN(C(=O)NC2CCCCC2)C[C@H]1CCN1CCN(c2ccc(F)cc2)CC1. The van der Waals surface area contributed by atoms with Gasteiger partial charge in [0.15, 0.2) is 0 Å². The third-order valence-electron chi connectivity index (χ3n) is 7.93. The number of anilines is 1. The van der Waals surface area contributed by atoms with Gasteiger partial charge in [0.2, 0.25) is 0 Å². The second-order valence-corrected chi connectivity index (χ2v) is 10.2. The first-order chi connectivity index (χ1) is 16.5. The Morgan fingerprint density at radius 2 is 1.65 bits per heavy atom. The molecule has 7 nitrogen and oxygen atoms in total. The van der Waals surface area contributed by atoms with Gasteiger partial charge in [-0.2, -0.15) is 0 Å². The Kier molecular flexibility index (Phi) is 8.64. The van der Waals surface area contributed by atoms with Gasteiger partial charge in [0, 0.05) is 57.4 Å². The lowest BCUT2D eigenvalue weighted by molar-refractivity contribution is -0.139. The maximum atomic E-state index is 13.2. The molecule has 188 valence electrons. The van der Waals surface area contributed by atoms with Crippen LogP contribution in [0.1, 0.15) is 51.4 Å². The topological polar surface area (TPSA) is 76.1 Å². The summed E-state index contributed by atoms with van der Waals surface area (Å²) >= 11 is 0. The molecule has 0 spiro atoms. The van der Waals surface area contributed by atoms with Gasteiger partial charge in [-0.15, -0.1) is 0 Å². The van der Waals surface area contributed by atoms with Gasteiger partial charge in [0.05, 0.1) is 0 Å². The van der Waals surface area contributed by atoms with Crippen LogP contribution in [0.15, 0.2) is 24.3 Å². The smallest absolute Gasteiger partial charge is 0.317 e. The minimum atomic E-state index is -0.747. The van der Waals surface area contributed by atoms with E-state index in [1.165, 1.54) is 31.4 Å². The number of carbonyl (C=O) groups excluding carboxylic acids is 1. The van der Waals surface area contributed by atoms with E-state index in [1.54, 1.807) is 0 Å². The Morgan fingerprint density at radius 3 is 2.32 bits per heavy atom. The first kappa shape index (κ1) is 24.8. The molecule has 3 fully saturated rings. The lowest BCUT2D eigenvalue weighted by atomic mass is 9.81. The van der Waals surface area contributed by atoms with Crippen LogP contribution in [0.3, 0.4) is 0 Å². The Bertz CT molecular complexity index is 807. The first-order valence-electron chi connectivity index (χ1n) is 13.0. The van der Waals surface area contributed by atoms with E-state index in [-0.39, 0.29) is 36.1 Å². The number of urea groups is 1. The average molecular weight is 475 g/mol. The number of nitrogens with one attached hydrogen (secondary N) is 1. The van der Waals surface area contributed by atoms with Crippen LogP contribution < -0.4 is 10.2 Å². The van der Waals surface area contributed by atoms with Crippen LogP contribution >= 0.6 is 0 Å². The van der Waals surface area contributed by atoms with Gasteiger partial charge in [-0.25, -0.2) is 9.18 Å². The molecule has 0 bridgehead atoms. The van der Waals surface area contributed by atoms with Crippen molar-refractivity contribution in [3.8, 4) is 0 Å². The van der Waals surface area contributed by atoms with Crippen molar-refractivity contribution in [1.29, 1.82) is 0 Å². The number of benzene rings is 1. The molecule has 0 aromatic heterocycles. The Morgan fingerprint density at radius 1 is 0.941 bits per heavy atom. The lowest BCUT2D eigenvalue weighted by Crippen LogP contribution is -2.52. The lowest BCUT2D eigenvalue weighted by Gasteiger charge is -2.41. The minimum absolute atomic E-state index is 0.0265. The first-order valence-corrected chi connectivity index (χ1v) is 13.0. The zero-order valence-corrected chi connectivity index (χ0v) is 20.1. The number of carboxylic acid groups (broad SMARTS) is 1. The molecule has 2 amide bonds. The van der Waals surface area contributed by atoms with Crippen LogP contribution in [-0.2, 0) is 4.79 Å². The Hall–Kier alpha value is -2.35. The second kappa shape index (κ2) is 11.9. The normalized spacial score (nSPS) is 24.7. The largest absolute Gasteiger partial charge is 0.481 e. The second-order valence-electron chi connectivity index (χ2n) is 10.2. The summed E-state index contributed by atoms with van der Waals surface area (Å²) in [7, 11) is 0. The zero-order valence-electron chi connectivity index (χ0n) is 20.1. The molecule has 1 aromatic rings. The van der Waals surface area contributed by atoms with Crippen molar-refractivity contribution >= 4 is 17.7 Å². The van der Waals surface area contributed by atoms with E-state index in [2.05, 4.69) is 15.1 Å². The summed E-state index contributed by atoms with van der Waals surface area (Å²) in [6.45, 7) is 5.85. The number of amides is 2. The number of aliphatic carboxylic acids is 1. The van der Waals surface area contributed by atoms with Crippen molar-refractivity contribution < 1.29 is 19.1 Å². The summed E-state index contributed by atoms with van der Waals surface area (Å²) in [5.41, 5.74) is 1.05. The van der Waals surface area contributed by atoms with Crippen LogP contribution in [-0.4, -0.2) is 78.8 Å². The summed E-state index contributed by atoms with van der Waals surface area (Å²) in [6.07, 6.45) is 7.60. The maximum Gasteiger partial charge on any atom is 0.317 e. The van der Waals surface area contributed by atoms with Gasteiger partial charge in [-0.3, -0.25) is 9.69 Å². The number of piperidine rings is 1. The standard InChI is InChI=1S/C26H39FN4O3/c27-22-6-8-24(9-7-22)30-16-14-29(15-17-30)12-10-21-19-31(13-11-20(21)18-25(32)33)26(34)28-23-4-2-1-3-5-23/h6-9,20-21,23H,1-5,10-19H2,(H,28,34)(H,32,33)/t20-,21+/m0/s1. The van der Waals surface area contributed by atoms with Gasteiger partial charge in [-0.05, 0) is 68.3 Å². The number of nitrogens with zero attached hydrogens (tertiary/aromatic N) is 3. The molecule has 2 atom stereocenters. The molecular weight excluding hydrogens is 435 g/mol. The summed E-state index contributed by atoms with van der Waals surface area (Å²) in [5, 5.41) is 12.6. The predicted molar refractivity (Wildman–Crippen MR) is 130 cm³/mol. The molecular formula is C26H39FN4O3. The fourth-order valence-corrected chi connectivity index (χ4v) is 5.83. The highest BCUT2D eigenvalue weighted by Crippen LogP contribution is 2.30. The third-order valence-corrected chi connectivity index (χ3v) is 7.93. The molecule has 2 N–H and O–H groups in total. The number of halogens is 1. The van der Waals surface area contributed by atoms with Gasteiger partial charge in [0.1, 0.15) is 5.82 Å². The van der Waals surface area contributed by atoms with Crippen LogP contribution in [0, 0.1) is 17.7 Å². The number of carboxylic acids is 1. The van der Waals surface area contributed by atoms with E-state index in [0.29, 0.717) is 13.1 Å². The minimum Gasteiger partial charge on any atom is -0.481 e. The highest BCUT2D eigenvalue weighted by atomic mass is 19.1. The molecule has 2 heterocycles. The van der Waals surface area contributed by atoms with Crippen molar-refractivity contribution in [2.75, 3.05) is 50.7 Å². The van der Waals surface area contributed by atoms with Gasteiger partial charge >= 0.3 is 12.0 Å². The number of hydrogen-bond acceptors (Lipinski definition) is 4. The van der Waals surface area contributed by atoms with E-state index in [0.717, 1.165) is 64.1 Å². The molecule has 1 aromatic carbocycles. The summed E-state index contributed by atoms with van der Waals surface area (Å²) < 4.78 is 13.2.